The predicted octanol–water partition coefficient (Wildman–Crippen LogP) is 2.37. The smallest absolute Gasteiger partial charge is 0.341 e. The Kier molecular flexibility index (Phi) is 7.05. The van der Waals surface area contributed by atoms with Crippen LogP contribution >= 0.6 is 0 Å². The van der Waals surface area contributed by atoms with Crippen molar-refractivity contribution in [1.82, 2.24) is 4.90 Å². The molecule has 0 aliphatic heterocycles. The van der Waals surface area contributed by atoms with E-state index >= 15 is 0 Å². The molecule has 2 aromatic carbocycles. The molecule has 0 fully saturated rings. The largest absolute Gasteiger partial charge is 0.493 e. The van der Waals surface area contributed by atoms with Crippen LogP contribution in [0.1, 0.15) is 11.1 Å². The summed E-state index contributed by atoms with van der Waals surface area (Å²) in [5, 5.41) is 8.61. The molecule has 144 valence electrons. The van der Waals surface area contributed by atoms with Crippen LogP contribution in [0.4, 0.5) is 0 Å². The number of hydrogen-bond acceptors (Lipinski definition) is 5. The van der Waals surface area contributed by atoms with Crippen molar-refractivity contribution in [3.8, 4) is 17.2 Å². The summed E-state index contributed by atoms with van der Waals surface area (Å²) in [6.45, 7) is 0.0500. The summed E-state index contributed by atoms with van der Waals surface area (Å²) in [5.41, 5.74) is 1.75. The van der Waals surface area contributed by atoms with E-state index in [9.17, 15) is 9.59 Å². The van der Waals surface area contributed by atoms with Gasteiger partial charge >= 0.3 is 5.97 Å². The molecular formula is C20H23NO6. The Labute approximate surface area is 158 Å². The van der Waals surface area contributed by atoms with E-state index in [1.54, 1.807) is 62.6 Å². The van der Waals surface area contributed by atoms with Gasteiger partial charge in [0, 0.05) is 13.6 Å². The highest BCUT2D eigenvalue weighted by Gasteiger charge is 2.13. The van der Waals surface area contributed by atoms with E-state index in [4.69, 9.17) is 19.3 Å². The lowest BCUT2D eigenvalue weighted by Crippen LogP contribution is -2.27. The van der Waals surface area contributed by atoms with Crippen LogP contribution in [0.2, 0.25) is 0 Å². The first-order valence-electron chi connectivity index (χ1n) is 8.31. The molecule has 1 amide bonds. The molecule has 0 aliphatic carbocycles. The van der Waals surface area contributed by atoms with E-state index in [1.807, 2.05) is 6.07 Å². The Morgan fingerprint density at radius 3 is 2.19 bits per heavy atom. The van der Waals surface area contributed by atoms with Crippen LogP contribution in [0.15, 0.2) is 42.5 Å². The molecule has 0 aliphatic rings. The number of nitrogens with zero attached hydrogens (tertiary/aromatic N) is 1. The first kappa shape index (κ1) is 20.1. The monoisotopic (exact) mass is 373 g/mol. The van der Waals surface area contributed by atoms with Gasteiger partial charge < -0.3 is 24.2 Å². The normalized spacial score (nSPS) is 10.2. The third kappa shape index (κ3) is 5.91. The number of hydrogen-bond donors (Lipinski definition) is 1. The van der Waals surface area contributed by atoms with E-state index in [2.05, 4.69) is 0 Å². The molecule has 0 saturated heterocycles. The second-order valence-electron chi connectivity index (χ2n) is 5.94. The molecule has 0 unspecified atom stereocenters. The Balaban J connectivity index is 1.94. The second-order valence-corrected chi connectivity index (χ2v) is 5.94. The summed E-state index contributed by atoms with van der Waals surface area (Å²) in [7, 11) is 4.85. The van der Waals surface area contributed by atoms with Gasteiger partial charge in [0.15, 0.2) is 18.1 Å². The number of carboxylic acid groups (broad SMARTS) is 1. The zero-order valence-corrected chi connectivity index (χ0v) is 15.6. The fraction of sp³-hybridized carbons (Fsp3) is 0.300. The number of likely N-dealkylation sites (N-methyl/N-ethyl adjacent to an activating group) is 1. The maximum Gasteiger partial charge on any atom is 0.341 e. The summed E-state index contributed by atoms with van der Waals surface area (Å²) in [6, 6.07) is 12.4. The third-order valence-corrected chi connectivity index (χ3v) is 3.93. The molecule has 1 N–H and O–H groups in total. The Morgan fingerprint density at radius 1 is 0.963 bits per heavy atom. The predicted molar refractivity (Wildman–Crippen MR) is 99.3 cm³/mol. The lowest BCUT2D eigenvalue weighted by molar-refractivity contribution is -0.139. The first-order chi connectivity index (χ1) is 12.9. The standard InChI is InChI=1S/C20H23NO6/c1-21(12-14-4-7-16(8-5-14)27-13-20(23)24)19(22)11-15-6-9-17(25-2)18(10-15)26-3/h4-10H,11-13H2,1-3H3,(H,23,24). The number of carbonyl (C=O) groups excluding carboxylic acids is 1. The minimum absolute atomic E-state index is 0.0339. The molecule has 0 radical (unpaired) electrons. The summed E-state index contributed by atoms with van der Waals surface area (Å²) in [4.78, 5) is 24.6. The number of benzene rings is 2. The van der Waals surface area contributed by atoms with Gasteiger partial charge in [-0.15, -0.1) is 0 Å². The highest BCUT2D eigenvalue weighted by molar-refractivity contribution is 5.78. The molecule has 0 saturated carbocycles. The number of carbonyl (C=O) groups is 2. The van der Waals surface area contributed by atoms with Crippen LogP contribution in [0, 0.1) is 0 Å². The highest BCUT2D eigenvalue weighted by Crippen LogP contribution is 2.27. The van der Waals surface area contributed by atoms with E-state index in [0.717, 1.165) is 11.1 Å². The van der Waals surface area contributed by atoms with E-state index in [1.165, 1.54) is 0 Å². The second kappa shape index (κ2) is 9.47. The van der Waals surface area contributed by atoms with Crippen LogP contribution in [0.25, 0.3) is 0 Å². The molecule has 0 atom stereocenters. The molecule has 27 heavy (non-hydrogen) atoms. The maximum atomic E-state index is 12.5. The van der Waals surface area contributed by atoms with Gasteiger partial charge in [0.2, 0.25) is 5.91 Å². The van der Waals surface area contributed by atoms with Crippen molar-refractivity contribution in [3.63, 3.8) is 0 Å². The Bertz CT molecular complexity index is 788. The van der Waals surface area contributed by atoms with Crippen molar-refractivity contribution < 1.29 is 28.9 Å². The number of ether oxygens (including phenoxy) is 3. The molecule has 0 bridgehead atoms. The van der Waals surface area contributed by atoms with Gasteiger partial charge in [-0.05, 0) is 35.4 Å². The zero-order valence-electron chi connectivity index (χ0n) is 15.6. The van der Waals surface area contributed by atoms with Crippen molar-refractivity contribution in [2.75, 3.05) is 27.9 Å². The van der Waals surface area contributed by atoms with Crippen LogP contribution in [-0.4, -0.2) is 49.8 Å². The Hall–Kier alpha value is -3.22. The van der Waals surface area contributed by atoms with Gasteiger partial charge in [0.25, 0.3) is 0 Å². The minimum Gasteiger partial charge on any atom is -0.493 e. The minimum atomic E-state index is -1.03. The number of rotatable bonds is 9. The Morgan fingerprint density at radius 2 is 1.59 bits per heavy atom. The van der Waals surface area contributed by atoms with Crippen molar-refractivity contribution in [3.05, 3.63) is 53.6 Å². The quantitative estimate of drug-likeness (QED) is 0.726. The first-order valence-corrected chi connectivity index (χ1v) is 8.31. The van der Waals surface area contributed by atoms with Gasteiger partial charge in [0.05, 0.1) is 20.6 Å². The number of aliphatic carboxylic acids is 1. The maximum absolute atomic E-state index is 12.5. The molecule has 0 aromatic heterocycles. The molecule has 7 heteroatoms. The third-order valence-electron chi connectivity index (χ3n) is 3.93. The topological polar surface area (TPSA) is 85.3 Å². The molecule has 2 rings (SSSR count). The highest BCUT2D eigenvalue weighted by atomic mass is 16.5. The summed E-state index contributed by atoms with van der Waals surface area (Å²) >= 11 is 0. The van der Waals surface area contributed by atoms with Crippen molar-refractivity contribution in [2.24, 2.45) is 0 Å². The van der Waals surface area contributed by atoms with Gasteiger partial charge in [-0.2, -0.15) is 0 Å². The fourth-order valence-electron chi connectivity index (χ4n) is 2.50. The average Bonchev–Trinajstić information content (AvgIpc) is 2.67. The molecule has 0 spiro atoms. The van der Waals surface area contributed by atoms with E-state index in [-0.39, 0.29) is 18.9 Å². The summed E-state index contributed by atoms with van der Waals surface area (Å²) in [6.07, 6.45) is 0.247. The van der Waals surface area contributed by atoms with Gasteiger partial charge in [-0.1, -0.05) is 18.2 Å². The zero-order chi connectivity index (χ0) is 19.8. The molecular weight excluding hydrogens is 350 g/mol. The fourth-order valence-corrected chi connectivity index (χ4v) is 2.50. The summed E-state index contributed by atoms with van der Waals surface area (Å²) in [5.74, 6) is 0.614. The number of amides is 1. The lowest BCUT2D eigenvalue weighted by atomic mass is 10.1. The van der Waals surface area contributed by atoms with Crippen molar-refractivity contribution in [2.45, 2.75) is 13.0 Å². The number of methoxy groups -OCH3 is 2. The molecule has 7 nitrogen and oxygen atoms in total. The van der Waals surface area contributed by atoms with Gasteiger partial charge in [-0.25, -0.2) is 4.79 Å². The van der Waals surface area contributed by atoms with Gasteiger partial charge in [-0.3, -0.25) is 4.79 Å². The molecule has 0 heterocycles. The van der Waals surface area contributed by atoms with Crippen LogP contribution in [0.3, 0.4) is 0 Å². The lowest BCUT2D eigenvalue weighted by Gasteiger charge is -2.18. The van der Waals surface area contributed by atoms with Crippen molar-refractivity contribution in [1.29, 1.82) is 0 Å². The van der Waals surface area contributed by atoms with Crippen LogP contribution in [0.5, 0.6) is 17.2 Å². The van der Waals surface area contributed by atoms with E-state index in [0.29, 0.717) is 23.8 Å². The van der Waals surface area contributed by atoms with E-state index < -0.39 is 5.97 Å². The molecule has 2 aromatic rings. The SMILES string of the molecule is COc1ccc(CC(=O)N(C)Cc2ccc(OCC(=O)O)cc2)cc1OC. The van der Waals surface area contributed by atoms with Crippen LogP contribution in [-0.2, 0) is 22.6 Å². The van der Waals surface area contributed by atoms with Gasteiger partial charge in [0.1, 0.15) is 5.75 Å². The van der Waals surface area contributed by atoms with Crippen LogP contribution < -0.4 is 14.2 Å². The summed E-state index contributed by atoms with van der Waals surface area (Å²) < 4.78 is 15.6. The average molecular weight is 373 g/mol. The number of carboxylic acids is 1. The van der Waals surface area contributed by atoms with Crippen molar-refractivity contribution >= 4 is 11.9 Å².